The van der Waals surface area contributed by atoms with E-state index in [2.05, 4.69) is 20.0 Å². The number of rotatable bonds is 5. The van der Waals surface area contributed by atoms with Crippen LogP contribution in [0.25, 0.3) is 17.0 Å². The number of nitrogens with one attached hydrogen (secondary N) is 2. The van der Waals surface area contributed by atoms with Gasteiger partial charge in [-0.1, -0.05) is 12.1 Å². The lowest BCUT2D eigenvalue weighted by molar-refractivity contribution is -0.114. The van der Waals surface area contributed by atoms with Crippen LogP contribution in [-0.2, 0) is 14.8 Å². The number of nitrogens with zero attached hydrogens (tertiary/aromatic N) is 3. The normalized spacial score (nSPS) is 11.4. The Balaban J connectivity index is 1.62. The number of sulfonamides is 1. The van der Waals surface area contributed by atoms with Crippen molar-refractivity contribution in [3.63, 3.8) is 0 Å². The van der Waals surface area contributed by atoms with Gasteiger partial charge in [-0.05, 0) is 48.9 Å². The summed E-state index contributed by atoms with van der Waals surface area (Å²) < 4.78 is 30.2. The number of hydrogen-bond acceptors (Lipinski definition) is 5. The molecule has 4 rings (SSSR count). The molecule has 9 heteroatoms. The molecule has 0 aliphatic heterocycles. The van der Waals surface area contributed by atoms with Crippen molar-refractivity contribution < 1.29 is 13.2 Å². The molecule has 1 amide bonds. The third kappa shape index (κ3) is 4.01. The molecule has 0 saturated carbocycles. The summed E-state index contributed by atoms with van der Waals surface area (Å²) in [6, 6.07) is 13.5. The van der Waals surface area contributed by atoms with Crippen LogP contribution < -0.4 is 10.0 Å². The lowest BCUT2D eigenvalue weighted by Crippen LogP contribution is -2.15. The Morgan fingerprint density at radius 2 is 1.90 bits per heavy atom. The van der Waals surface area contributed by atoms with Crippen molar-refractivity contribution >= 4 is 33.1 Å². The summed E-state index contributed by atoms with van der Waals surface area (Å²) in [5.74, 6) is 0.343. The fourth-order valence-electron chi connectivity index (χ4n) is 3.15. The highest BCUT2D eigenvalue weighted by molar-refractivity contribution is 7.92. The van der Waals surface area contributed by atoms with Crippen molar-refractivity contribution in [3.05, 3.63) is 72.7 Å². The fraction of sp³-hybridized carbons (Fsp3) is 0.0952. The Morgan fingerprint density at radius 1 is 1.07 bits per heavy atom. The molecule has 0 atom stereocenters. The molecule has 152 valence electrons. The molecule has 8 nitrogen and oxygen atoms in total. The molecule has 0 unspecified atom stereocenters. The second-order valence-electron chi connectivity index (χ2n) is 6.80. The van der Waals surface area contributed by atoms with E-state index in [4.69, 9.17) is 0 Å². The Kier molecular flexibility index (Phi) is 4.96. The summed E-state index contributed by atoms with van der Waals surface area (Å²) in [6.07, 6.45) is 5.34. The number of benzene rings is 2. The third-order valence-corrected chi connectivity index (χ3v) is 5.97. The van der Waals surface area contributed by atoms with Gasteiger partial charge in [0.05, 0.1) is 10.6 Å². The number of imidazole rings is 1. The number of carbonyl (C=O) groups is 1. The minimum atomic E-state index is -3.81. The van der Waals surface area contributed by atoms with Crippen molar-refractivity contribution in [2.75, 3.05) is 10.0 Å². The molecule has 2 heterocycles. The SMILES string of the molecule is CC(=O)Nc1ccc(S(=O)(=O)Nc2cccc(-c3cn4cccnc4n3)c2)c(C)c1. The zero-order valence-corrected chi connectivity index (χ0v) is 17.1. The number of aryl methyl sites for hydroxylation is 1. The largest absolute Gasteiger partial charge is 0.326 e. The molecular weight excluding hydrogens is 402 g/mol. The maximum absolute atomic E-state index is 12.9. The molecule has 0 radical (unpaired) electrons. The van der Waals surface area contributed by atoms with Crippen molar-refractivity contribution in [1.29, 1.82) is 0 Å². The van der Waals surface area contributed by atoms with Gasteiger partial charge in [0.15, 0.2) is 0 Å². The molecule has 0 bridgehead atoms. The van der Waals surface area contributed by atoms with Crippen LogP contribution in [0.4, 0.5) is 11.4 Å². The van der Waals surface area contributed by atoms with Crippen molar-refractivity contribution in [3.8, 4) is 11.3 Å². The van der Waals surface area contributed by atoms with Crippen LogP contribution >= 0.6 is 0 Å². The van der Waals surface area contributed by atoms with Crippen molar-refractivity contribution in [2.24, 2.45) is 0 Å². The van der Waals surface area contributed by atoms with Crippen molar-refractivity contribution in [1.82, 2.24) is 14.4 Å². The van der Waals surface area contributed by atoms with Gasteiger partial charge in [-0.3, -0.25) is 13.9 Å². The quantitative estimate of drug-likeness (QED) is 0.513. The molecule has 0 saturated heterocycles. The summed E-state index contributed by atoms with van der Waals surface area (Å²) in [7, 11) is -3.81. The van der Waals surface area contributed by atoms with Gasteiger partial charge in [-0.15, -0.1) is 0 Å². The van der Waals surface area contributed by atoms with Crippen LogP contribution in [0.2, 0.25) is 0 Å². The molecule has 0 spiro atoms. The summed E-state index contributed by atoms with van der Waals surface area (Å²) in [5.41, 5.74) is 2.93. The Labute approximate surface area is 173 Å². The summed E-state index contributed by atoms with van der Waals surface area (Å²) in [4.78, 5) is 20.0. The zero-order chi connectivity index (χ0) is 21.3. The van der Waals surface area contributed by atoms with Gasteiger partial charge in [0.1, 0.15) is 0 Å². The van der Waals surface area contributed by atoms with Crippen LogP contribution in [0.5, 0.6) is 0 Å². The van der Waals surface area contributed by atoms with Gasteiger partial charge in [0.25, 0.3) is 10.0 Å². The average molecular weight is 421 g/mol. The maximum Gasteiger partial charge on any atom is 0.262 e. The first-order chi connectivity index (χ1) is 14.3. The minimum absolute atomic E-state index is 0.138. The number of aromatic nitrogens is 3. The fourth-order valence-corrected chi connectivity index (χ4v) is 4.43. The van der Waals surface area contributed by atoms with Crippen molar-refractivity contribution in [2.45, 2.75) is 18.7 Å². The summed E-state index contributed by atoms with van der Waals surface area (Å²) in [5, 5.41) is 2.64. The standard InChI is InChI=1S/C21H19N5O3S/c1-14-11-17(23-15(2)27)7-8-20(14)30(28,29)25-18-6-3-5-16(12-18)19-13-26-10-4-9-22-21(26)24-19/h3-13,25H,1-2H3,(H,23,27). The molecule has 0 fully saturated rings. The average Bonchev–Trinajstić information content (AvgIpc) is 3.11. The lowest BCUT2D eigenvalue weighted by Gasteiger charge is -2.12. The maximum atomic E-state index is 12.9. The number of carbonyl (C=O) groups excluding carboxylic acids is 1. The summed E-state index contributed by atoms with van der Waals surface area (Å²) >= 11 is 0. The van der Waals surface area contributed by atoms with E-state index in [1.807, 2.05) is 24.5 Å². The van der Waals surface area contributed by atoms with E-state index < -0.39 is 10.0 Å². The highest BCUT2D eigenvalue weighted by atomic mass is 32.2. The van der Waals surface area contributed by atoms with E-state index in [1.54, 1.807) is 47.9 Å². The number of amides is 1. The van der Waals surface area contributed by atoms with Gasteiger partial charge in [-0.25, -0.2) is 18.4 Å². The number of fused-ring (bicyclic) bond motifs is 1. The topological polar surface area (TPSA) is 105 Å². The second-order valence-corrected chi connectivity index (χ2v) is 8.45. The molecule has 4 aromatic rings. The van der Waals surface area contributed by atoms with Gasteiger partial charge in [-0.2, -0.15) is 0 Å². The molecule has 30 heavy (non-hydrogen) atoms. The van der Waals surface area contributed by atoms with E-state index in [0.29, 0.717) is 28.4 Å². The molecular formula is C21H19N5O3S. The van der Waals surface area contributed by atoms with Crippen LogP contribution in [-0.4, -0.2) is 28.7 Å². The number of anilines is 2. The summed E-state index contributed by atoms with van der Waals surface area (Å²) in [6.45, 7) is 3.08. The first kappa shape index (κ1) is 19.6. The molecule has 2 aromatic heterocycles. The first-order valence-electron chi connectivity index (χ1n) is 9.13. The van der Waals surface area contributed by atoms with Crippen LogP contribution in [0, 0.1) is 6.92 Å². The predicted molar refractivity (Wildman–Crippen MR) is 115 cm³/mol. The third-order valence-electron chi connectivity index (χ3n) is 4.43. The van der Waals surface area contributed by atoms with E-state index in [1.165, 1.54) is 13.0 Å². The van der Waals surface area contributed by atoms with E-state index in [9.17, 15) is 13.2 Å². The van der Waals surface area contributed by atoms with Gasteiger partial charge in [0, 0.05) is 42.5 Å². The zero-order valence-electron chi connectivity index (χ0n) is 16.3. The van der Waals surface area contributed by atoms with Gasteiger partial charge >= 0.3 is 0 Å². The highest BCUT2D eigenvalue weighted by Gasteiger charge is 2.18. The first-order valence-corrected chi connectivity index (χ1v) is 10.6. The van der Waals surface area contributed by atoms with E-state index in [0.717, 1.165) is 5.56 Å². The Morgan fingerprint density at radius 3 is 2.63 bits per heavy atom. The molecule has 0 aliphatic rings. The van der Waals surface area contributed by atoms with Crippen LogP contribution in [0.15, 0.2) is 72.0 Å². The molecule has 0 aliphatic carbocycles. The molecule has 2 N–H and O–H groups in total. The smallest absolute Gasteiger partial charge is 0.262 e. The minimum Gasteiger partial charge on any atom is -0.326 e. The number of hydrogen-bond donors (Lipinski definition) is 2. The van der Waals surface area contributed by atoms with Gasteiger partial charge in [0.2, 0.25) is 11.7 Å². The van der Waals surface area contributed by atoms with Crippen LogP contribution in [0.3, 0.4) is 0 Å². The highest BCUT2D eigenvalue weighted by Crippen LogP contribution is 2.26. The second kappa shape index (κ2) is 7.60. The Bertz CT molecular complexity index is 1330. The predicted octanol–water partition coefficient (Wildman–Crippen LogP) is 3.46. The van der Waals surface area contributed by atoms with E-state index >= 15 is 0 Å². The molecule has 2 aromatic carbocycles. The van der Waals surface area contributed by atoms with E-state index in [-0.39, 0.29) is 10.8 Å². The monoisotopic (exact) mass is 421 g/mol. The lowest BCUT2D eigenvalue weighted by atomic mass is 10.1. The Hall–Kier alpha value is -3.72. The van der Waals surface area contributed by atoms with Crippen LogP contribution in [0.1, 0.15) is 12.5 Å². The van der Waals surface area contributed by atoms with Gasteiger partial charge < -0.3 is 5.32 Å².